The molecule has 0 N–H and O–H groups in total. The van der Waals surface area contributed by atoms with Gasteiger partial charge >= 0.3 is 11.7 Å². The molecule has 3 rings (SSSR count). The van der Waals surface area contributed by atoms with Crippen molar-refractivity contribution in [1.82, 2.24) is 19.1 Å². The summed E-state index contributed by atoms with van der Waals surface area (Å²) in [5, 5.41) is 0.326. The summed E-state index contributed by atoms with van der Waals surface area (Å²) in [6.07, 6.45) is 1.30. The summed E-state index contributed by atoms with van der Waals surface area (Å²) in [5.41, 5.74) is -0.497. The Bertz CT molecular complexity index is 979. The summed E-state index contributed by atoms with van der Waals surface area (Å²) in [5.74, 6) is 0.263. The van der Waals surface area contributed by atoms with Crippen molar-refractivity contribution >= 4 is 28.8 Å². The third-order valence-corrected chi connectivity index (χ3v) is 5.50. The van der Waals surface area contributed by atoms with Gasteiger partial charge in [0.25, 0.3) is 5.56 Å². The monoisotopic (exact) mass is 378 g/mol. The number of ether oxygens (including phenoxy) is 1. The number of cyclic esters (lactones) is 1. The third kappa shape index (κ3) is 3.15. The maximum absolute atomic E-state index is 12.8. The second kappa shape index (κ2) is 7.22. The number of rotatable bonds is 5. The Hall–Kier alpha value is -2.16. The van der Waals surface area contributed by atoms with Gasteiger partial charge in [0.1, 0.15) is 21.5 Å². The van der Waals surface area contributed by atoms with Crippen LogP contribution in [-0.4, -0.2) is 36.9 Å². The van der Waals surface area contributed by atoms with Crippen LogP contribution in [0.25, 0.3) is 11.0 Å². The Morgan fingerprint density at radius 1 is 1.27 bits per heavy atom. The lowest BCUT2D eigenvalue weighted by molar-refractivity contribution is -0.137. The molecule has 9 heteroatoms. The molecule has 0 aliphatic carbocycles. The van der Waals surface area contributed by atoms with E-state index in [9.17, 15) is 14.4 Å². The average molecular weight is 378 g/mol. The predicted molar refractivity (Wildman–Crippen MR) is 98.6 cm³/mol. The van der Waals surface area contributed by atoms with E-state index in [0.29, 0.717) is 36.1 Å². The van der Waals surface area contributed by atoms with E-state index in [1.165, 1.54) is 23.4 Å². The fourth-order valence-corrected chi connectivity index (χ4v) is 3.93. The molecule has 0 radical (unpaired) electrons. The first-order valence-electron chi connectivity index (χ1n) is 8.69. The van der Waals surface area contributed by atoms with Gasteiger partial charge in [-0.05, 0) is 6.42 Å². The van der Waals surface area contributed by atoms with Crippen molar-refractivity contribution in [2.75, 3.05) is 6.61 Å². The van der Waals surface area contributed by atoms with Gasteiger partial charge in [0, 0.05) is 25.9 Å². The molecule has 3 heterocycles. The quantitative estimate of drug-likeness (QED) is 0.573. The van der Waals surface area contributed by atoms with E-state index in [1.807, 2.05) is 20.8 Å². The van der Waals surface area contributed by atoms with Gasteiger partial charge in [0.05, 0.1) is 6.61 Å². The van der Waals surface area contributed by atoms with Crippen LogP contribution in [0.15, 0.2) is 14.6 Å². The second-order valence-corrected chi connectivity index (χ2v) is 7.79. The van der Waals surface area contributed by atoms with Crippen molar-refractivity contribution in [1.29, 1.82) is 0 Å². The van der Waals surface area contributed by atoms with E-state index < -0.39 is 16.5 Å². The summed E-state index contributed by atoms with van der Waals surface area (Å²) in [6, 6.07) is 0. The molecule has 2 aromatic rings. The molecule has 1 atom stereocenters. The standard InChI is InChI=1S/C17H22N4O4S/c1-5-7-21-13-11(15(22)20(4)17(21)24)14(19-12(18-13)9(2)3)26-10-6-8-25-16(10)23/h9-10H,5-8H2,1-4H3/t10-/m0/s1. The molecule has 1 saturated heterocycles. The summed E-state index contributed by atoms with van der Waals surface area (Å²) in [4.78, 5) is 46.3. The minimum absolute atomic E-state index is 0.0171. The normalized spacial score (nSPS) is 17.3. The largest absolute Gasteiger partial charge is 0.465 e. The maximum Gasteiger partial charge on any atom is 0.332 e. The van der Waals surface area contributed by atoms with Gasteiger partial charge < -0.3 is 4.74 Å². The lowest BCUT2D eigenvalue weighted by Gasteiger charge is -2.15. The van der Waals surface area contributed by atoms with E-state index in [1.54, 1.807) is 0 Å². The number of esters is 1. The topological polar surface area (TPSA) is 96.1 Å². The van der Waals surface area contributed by atoms with E-state index in [0.717, 1.165) is 11.0 Å². The van der Waals surface area contributed by atoms with Gasteiger partial charge in [-0.1, -0.05) is 32.5 Å². The highest BCUT2D eigenvalue weighted by molar-refractivity contribution is 8.00. The van der Waals surface area contributed by atoms with Crippen LogP contribution in [0, 0.1) is 0 Å². The first kappa shape index (κ1) is 18.6. The molecule has 0 saturated carbocycles. The Balaban J connectivity index is 2.32. The lowest BCUT2D eigenvalue weighted by Crippen LogP contribution is -2.39. The van der Waals surface area contributed by atoms with E-state index in [2.05, 4.69) is 9.97 Å². The van der Waals surface area contributed by atoms with Crippen LogP contribution in [0.2, 0.25) is 0 Å². The maximum atomic E-state index is 12.8. The van der Waals surface area contributed by atoms with Gasteiger partial charge in [-0.25, -0.2) is 14.8 Å². The van der Waals surface area contributed by atoms with Gasteiger partial charge in [-0.15, -0.1) is 0 Å². The summed E-state index contributed by atoms with van der Waals surface area (Å²) >= 11 is 1.22. The van der Waals surface area contributed by atoms with Gasteiger partial charge in [-0.2, -0.15) is 0 Å². The first-order valence-corrected chi connectivity index (χ1v) is 9.57. The zero-order valence-electron chi connectivity index (χ0n) is 15.3. The van der Waals surface area contributed by atoms with Crippen molar-refractivity contribution in [2.45, 2.75) is 56.4 Å². The molecule has 0 unspecified atom stereocenters. The Morgan fingerprint density at radius 2 is 2.00 bits per heavy atom. The van der Waals surface area contributed by atoms with E-state index in [4.69, 9.17) is 4.74 Å². The van der Waals surface area contributed by atoms with Crippen LogP contribution in [0.5, 0.6) is 0 Å². The molecular weight excluding hydrogens is 356 g/mol. The average Bonchev–Trinajstić information content (AvgIpc) is 3.01. The Morgan fingerprint density at radius 3 is 2.58 bits per heavy atom. The fourth-order valence-electron chi connectivity index (χ4n) is 2.84. The molecule has 0 spiro atoms. The molecule has 8 nitrogen and oxygen atoms in total. The van der Waals surface area contributed by atoms with Crippen molar-refractivity contribution in [3.8, 4) is 0 Å². The number of aromatic nitrogens is 4. The van der Waals surface area contributed by atoms with Crippen LogP contribution in [0.1, 0.15) is 45.4 Å². The minimum atomic E-state index is -0.443. The molecule has 0 aromatic carbocycles. The molecule has 2 aromatic heterocycles. The Labute approximate surface area is 154 Å². The molecule has 1 aliphatic rings. The molecule has 1 aliphatic heterocycles. The van der Waals surface area contributed by atoms with Crippen molar-refractivity contribution in [3.05, 3.63) is 26.7 Å². The van der Waals surface area contributed by atoms with Gasteiger partial charge in [-0.3, -0.25) is 18.7 Å². The zero-order valence-corrected chi connectivity index (χ0v) is 16.1. The number of carbonyl (C=O) groups is 1. The van der Waals surface area contributed by atoms with Crippen molar-refractivity contribution in [3.63, 3.8) is 0 Å². The molecule has 140 valence electrons. The number of hydrogen-bond acceptors (Lipinski definition) is 7. The number of carbonyl (C=O) groups excluding carboxylic acids is 1. The van der Waals surface area contributed by atoms with Crippen molar-refractivity contribution < 1.29 is 9.53 Å². The minimum Gasteiger partial charge on any atom is -0.465 e. The molecule has 0 bridgehead atoms. The molecule has 26 heavy (non-hydrogen) atoms. The van der Waals surface area contributed by atoms with Gasteiger partial charge in [0.15, 0.2) is 5.65 Å². The number of thioether (sulfide) groups is 1. The smallest absolute Gasteiger partial charge is 0.332 e. The highest BCUT2D eigenvalue weighted by Crippen LogP contribution is 2.32. The highest BCUT2D eigenvalue weighted by atomic mass is 32.2. The predicted octanol–water partition coefficient (Wildman–Crippen LogP) is 1.43. The summed E-state index contributed by atoms with van der Waals surface area (Å²) in [6.45, 7) is 6.67. The molecule has 1 fully saturated rings. The van der Waals surface area contributed by atoms with E-state index in [-0.39, 0.29) is 17.3 Å². The Kier molecular flexibility index (Phi) is 5.17. The van der Waals surface area contributed by atoms with Crippen LogP contribution in [0.4, 0.5) is 0 Å². The number of hydrogen-bond donors (Lipinski definition) is 0. The number of fused-ring (bicyclic) bond motifs is 1. The van der Waals surface area contributed by atoms with Gasteiger partial charge in [0.2, 0.25) is 0 Å². The number of aryl methyl sites for hydroxylation is 1. The van der Waals surface area contributed by atoms with Crippen LogP contribution in [-0.2, 0) is 23.1 Å². The third-order valence-electron chi connectivity index (χ3n) is 4.27. The highest BCUT2D eigenvalue weighted by Gasteiger charge is 2.30. The van der Waals surface area contributed by atoms with Crippen LogP contribution < -0.4 is 11.2 Å². The fraction of sp³-hybridized carbons (Fsp3) is 0.588. The molecule has 0 amide bonds. The number of nitrogens with zero attached hydrogens (tertiary/aromatic N) is 4. The van der Waals surface area contributed by atoms with Crippen molar-refractivity contribution in [2.24, 2.45) is 7.05 Å². The first-order chi connectivity index (χ1) is 12.3. The second-order valence-electron chi connectivity index (χ2n) is 6.60. The van der Waals surface area contributed by atoms with Crippen LogP contribution in [0.3, 0.4) is 0 Å². The summed E-state index contributed by atoms with van der Waals surface area (Å²) in [7, 11) is 1.45. The molecular formula is C17H22N4O4S. The van der Waals surface area contributed by atoms with E-state index >= 15 is 0 Å². The van der Waals surface area contributed by atoms with Crippen LogP contribution >= 0.6 is 11.8 Å². The lowest BCUT2D eigenvalue weighted by atomic mass is 10.2. The SMILES string of the molecule is CCCn1c(=O)n(C)c(=O)c2c(S[C@H]3CCOC3=O)nc(C(C)C)nc21. The zero-order chi connectivity index (χ0) is 19.0. The summed E-state index contributed by atoms with van der Waals surface area (Å²) < 4.78 is 7.61.